The number of aryl methyl sites for hydroxylation is 1. The second-order valence-electron chi connectivity index (χ2n) is 2.44. The van der Waals surface area contributed by atoms with Crippen LogP contribution in [-0.2, 0) is 11.2 Å². The van der Waals surface area contributed by atoms with Gasteiger partial charge < -0.3 is 5.11 Å². The van der Waals surface area contributed by atoms with Crippen molar-refractivity contribution in [3.8, 4) is 0 Å². The van der Waals surface area contributed by atoms with Crippen LogP contribution in [0.3, 0.4) is 0 Å². The lowest BCUT2D eigenvalue weighted by molar-refractivity contribution is -0.136. The summed E-state index contributed by atoms with van der Waals surface area (Å²) in [7, 11) is 0. The van der Waals surface area contributed by atoms with Crippen LogP contribution < -0.4 is 0 Å². The molecule has 0 fully saturated rings. The molecule has 12 heavy (non-hydrogen) atoms. The number of hydrogen-bond acceptors (Lipinski definition) is 2. The van der Waals surface area contributed by atoms with Crippen molar-refractivity contribution in [1.29, 1.82) is 0 Å². The number of aromatic nitrogens is 1. The van der Waals surface area contributed by atoms with Crippen molar-refractivity contribution in [2.24, 2.45) is 0 Å². The van der Waals surface area contributed by atoms with Gasteiger partial charge in [0.25, 0.3) is 0 Å². The molecule has 0 aliphatic carbocycles. The number of carbonyl (C=O) groups is 1. The summed E-state index contributed by atoms with van der Waals surface area (Å²) in [6.07, 6.45) is 1.64. The lowest BCUT2D eigenvalue weighted by atomic mass is 10.2. The Morgan fingerprint density at radius 1 is 1.75 bits per heavy atom. The van der Waals surface area contributed by atoms with Gasteiger partial charge in [-0.2, -0.15) is 0 Å². The molecular weight excluding hydrogens is 222 g/mol. The Kier molecular flexibility index (Phi) is 2.81. The number of carboxylic acids is 1. The summed E-state index contributed by atoms with van der Waals surface area (Å²) in [6.45, 7) is 1.83. The second kappa shape index (κ2) is 3.67. The van der Waals surface area contributed by atoms with Gasteiger partial charge >= 0.3 is 5.97 Å². The molecule has 1 aromatic rings. The summed E-state index contributed by atoms with van der Waals surface area (Å²) in [5, 5.41) is 8.54. The SMILES string of the molecule is Cc1nccc(CC(=O)O)c1Br. The van der Waals surface area contributed by atoms with Gasteiger partial charge in [-0.1, -0.05) is 0 Å². The van der Waals surface area contributed by atoms with Gasteiger partial charge in [-0.3, -0.25) is 9.78 Å². The molecule has 0 amide bonds. The molecule has 64 valence electrons. The molecule has 0 aliphatic rings. The summed E-state index contributed by atoms with van der Waals surface area (Å²) in [5.74, 6) is -0.832. The molecule has 1 aromatic heterocycles. The van der Waals surface area contributed by atoms with Crippen molar-refractivity contribution in [2.75, 3.05) is 0 Å². The van der Waals surface area contributed by atoms with E-state index in [1.807, 2.05) is 6.92 Å². The molecular formula is C8H8BrNO2. The van der Waals surface area contributed by atoms with E-state index in [2.05, 4.69) is 20.9 Å². The zero-order valence-electron chi connectivity index (χ0n) is 6.54. The van der Waals surface area contributed by atoms with Gasteiger partial charge in [0.15, 0.2) is 0 Å². The number of hydrogen-bond donors (Lipinski definition) is 1. The Hall–Kier alpha value is -0.900. The Balaban J connectivity index is 3.00. The smallest absolute Gasteiger partial charge is 0.307 e. The van der Waals surface area contributed by atoms with E-state index in [1.165, 1.54) is 0 Å². The highest BCUT2D eigenvalue weighted by Gasteiger charge is 2.06. The maximum absolute atomic E-state index is 10.4. The summed E-state index contributed by atoms with van der Waals surface area (Å²) in [6, 6.07) is 1.70. The molecule has 1 N–H and O–H groups in total. The van der Waals surface area contributed by atoms with E-state index in [0.717, 1.165) is 15.7 Å². The highest BCUT2D eigenvalue weighted by Crippen LogP contribution is 2.19. The number of halogens is 1. The Bertz CT molecular complexity index is 312. The predicted molar refractivity (Wildman–Crippen MR) is 48.0 cm³/mol. The third kappa shape index (κ3) is 2.04. The van der Waals surface area contributed by atoms with E-state index in [-0.39, 0.29) is 6.42 Å². The number of aliphatic carboxylic acids is 1. The Labute approximate surface area is 78.6 Å². The van der Waals surface area contributed by atoms with Crippen LogP contribution in [0.2, 0.25) is 0 Å². The highest BCUT2D eigenvalue weighted by atomic mass is 79.9. The highest BCUT2D eigenvalue weighted by molar-refractivity contribution is 9.10. The van der Waals surface area contributed by atoms with E-state index in [9.17, 15) is 4.79 Å². The Morgan fingerprint density at radius 2 is 2.42 bits per heavy atom. The molecule has 0 atom stereocenters. The fourth-order valence-electron chi connectivity index (χ4n) is 0.901. The van der Waals surface area contributed by atoms with E-state index in [4.69, 9.17) is 5.11 Å². The maximum Gasteiger partial charge on any atom is 0.307 e. The van der Waals surface area contributed by atoms with Crippen LogP contribution in [0.25, 0.3) is 0 Å². The molecule has 0 radical (unpaired) electrons. The number of rotatable bonds is 2. The first-order valence-corrected chi connectivity index (χ1v) is 4.22. The molecule has 0 bridgehead atoms. The van der Waals surface area contributed by atoms with E-state index in [0.29, 0.717) is 0 Å². The van der Waals surface area contributed by atoms with Gasteiger partial charge in [0.05, 0.1) is 12.1 Å². The monoisotopic (exact) mass is 229 g/mol. The topological polar surface area (TPSA) is 50.2 Å². The van der Waals surface area contributed by atoms with Crippen LogP contribution in [0.1, 0.15) is 11.3 Å². The summed E-state index contributed by atoms with van der Waals surface area (Å²) in [5.41, 5.74) is 1.57. The van der Waals surface area contributed by atoms with Crippen LogP contribution >= 0.6 is 15.9 Å². The molecule has 0 aromatic carbocycles. The molecule has 3 nitrogen and oxygen atoms in total. The van der Waals surface area contributed by atoms with Crippen LogP contribution in [0.15, 0.2) is 16.7 Å². The normalized spacial score (nSPS) is 9.83. The molecule has 0 spiro atoms. The van der Waals surface area contributed by atoms with Crippen LogP contribution in [-0.4, -0.2) is 16.1 Å². The lowest BCUT2D eigenvalue weighted by Crippen LogP contribution is -2.01. The second-order valence-corrected chi connectivity index (χ2v) is 3.23. The van der Waals surface area contributed by atoms with Gasteiger partial charge in [0.1, 0.15) is 0 Å². The summed E-state index contributed by atoms with van der Waals surface area (Å²) < 4.78 is 0.785. The third-order valence-electron chi connectivity index (χ3n) is 1.49. The van der Waals surface area contributed by atoms with E-state index in [1.54, 1.807) is 12.3 Å². The molecule has 0 saturated carbocycles. The van der Waals surface area contributed by atoms with Crippen molar-refractivity contribution in [3.63, 3.8) is 0 Å². The minimum Gasteiger partial charge on any atom is -0.481 e. The van der Waals surface area contributed by atoms with Crippen LogP contribution in [0.4, 0.5) is 0 Å². The van der Waals surface area contributed by atoms with Gasteiger partial charge in [-0.05, 0) is 34.5 Å². The average Bonchev–Trinajstić information content (AvgIpc) is 1.98. The predicted octanol–water partition coefficient (Wildman–Crippen LogP) is 1.78. The standard InChI is InChI=1S/C8H8BrNO2/c1-5-8(9)6(2-3-10-5)4-7(11)12/h2-3H,4H2,1H3,(H,11,12). The number of carboxylic acid groups (broad SMARTS) is 1. The molecule has 4 heteroatoms. The quantitative estimate of drug-likeness (QED) is 0.842. The molecule has 0 unspecified atom stereocenters. The van der Waals surface area contributed by atoms with Crippen molar-refractivity contribution >= 4 is 21.9 Å². The zero-order chi connectivity index (χ0) is 9.14. The lowest BCUT2D eigenvalue weighted by Gasteiger charge is -2.02. The number of nitrogens with zero attached hydrogens (tertiary/aromatic N) is 1. The summed E-state index contributed by atoms with van der Waals surface area (Å²) in [4.78, 5) is 14.4. The van der Waals surface area contributed by atoms with Gasteiger partial charge in [0.2, 0.25) is 0 Å². The van der Waals surface area contributed by atoms with Crippen molar-refractivity contribution in [3.05, 3.63) is 28.0 Å². The van der Waals surface area contributed by atoms with Gasteiger partial charge in [0, 0.05) is 10.7 Å². The minimum absolute atomic E-state index is 0.0317. The number of pyridine rings is 1. The van der Waals surface area contributed by atoms with Crippen LogP contribution in [0, 0.1) is 6.92 Å². The first-order chi connectivity index (χ1) is 5.61. The van der Waals surface area contributed by atoms with Gasteiger partial charge in [-0.15, -0.1) is 0 Å². The maximum atomic E-state index is 10.4. The fourth-order valence-corrected chi connectivity index (χ4v) is 1.28. The molecule has 0 aliphatic heterocycles. The summed E-state index contributed by atoms with van der Waals surface area (Å²) >= 11 is 3.28. The molecule has 0 saturated heterocycles. The largest absolute Gasteiger partial charge is 0.481 e. The zero-order valence-corrected chi connectivity index (χ0v) is 8.13. The fraction of sp³-hybridized carbons (Fsp3) is 0.250. The van der Waals surface area contributed by atoms with Crippen LogP contribution in [0.5, 0.6) is 0 Å². The van der Waals surface area contributed by atoms with Gasteiger partial charge in [-0.25, -0.2) is 0 Å². The average molecular weight is 230 g/mol. The molecule has 1 heterocycles. The van der Waals surface area contributed by atoms with E-state index >= 15 is 0 Å². The first kappa shape index (κ1) is 9.19. The van der Waals surface area contributed by atoms with E-state index < -0.39 is 5.97 Å². The van der Waals surface area contributed by atoms with Crippen molar-refractivity contribution < 1.29 is 9.90 Å². The molecule has 1 rings (SSSR count). The Morgan fingerprint density at radius 3 is 3.00 bits per heavy atom. The van der Waals surface area contributed by atoms with Crippen molar-refractivity contribution in [1.82, 2.24) is 4.98 Å². The van der Waals surface area contributed by atoms with Crippen molar-refractivity contribution in [2.45, 2.75) is 13.3 Å². The third-order valence-corrected chi connectivity index (χ3v) is 2.57. The minimum atomic E-state index is -0.832. The first-order valence-electron chi connectivity index (χ1n) is 3.43.